The molecule has 1 heterocycles. The predicted octanol–water partition coefficient (Wildman–Crippen LogP) is 6.80. The molecule has 1 atom stereocenters. The van der Waals surface area contributed by atoms with Crippen LogP contribution in [0.15, 0.2) is 48.5 Å². The summed E-state index contributed by atoms with van der Waals surface area (Å²) in [6, 6.07) is 16.0. The Balaban J connectivity index is 1.98. The molecule has 0 aliphatic carbocycles. The van der Waals surface area contributed by atoms with E-state index in [0.29, 0.717) is 11.6 Å². The third kappa shape index (κ3) is 5.81. The third-order valence-corrected chi connectivity index (χ3v) is 5.84. The molecule has 0 amide bonds. The lowest BCUT2D eigenvalue weighted by molar-refractivity contribution is 0.112. The number of halogens is 1. The maximum atomic E-state index is 11.3. The molecule has 1 aromatic heterocycles. The van der Waals surface area contributed by atoms with Gasteiger partial charge in [0.15, 0.2) is 0 Å². The predicted molar refractivity (Wildman–Crippen MR) is 128 cm³/mol. The molecule has 0 saturated heterocycles. The number of aliphatic hydroxyl groups excluding tert-OH is 1. The summed E-state index contributed by atoms with van der Waals surface area (Å²) >= 11 is 6.07. The number of benzene rings is 2. The summed E-state index contributed by atoms with van der Waals surface area (Å²) in [5.41, 5.74) is 4.90. The fourth-order valence-corrected chi connectivity index (χ4v) is 3.94. The van der Waals surface area contributed by atoms with Crippen molar-refractivity contribution >= 4 is 22.5 Å². The van der Waals surface area contributed by atoms with Crippen molar-refractivity contribution in [3.63, 3.8) is 0 Å². The molecule has 3 aromatic rings. The minimum Gasteiger partial charge on any atom is -0.387 e. The molecule has 0 saturated carbocycles. The maximum Gasteiger partial charge on any atom is 0.0924 e. The Kier molecular flexibility index (Phi) is 8.26. The van der Waals surface area contributed by atoms with Crippen LogP contribution < -0.4 is 0 Å². The van der Waals surface area contributed by atoms with Gasteiger partial charge in [0.1, 0.15) is 0 Å². The molecule has 3 nitrogen and oxygen atoms in total. The van der Waals surface area contributed by atoms with E-state index in [4.69, 9.17) is 16.6 Å². The first kappa shape index (κ1) is 22.7. The minimum atomic E-state index is -0.557. The Morgan fingerprint density at radius 1 is 0.967 bits per heavy atom. The second kappa shape index (κ2) is 10.9. The van der Waals surface area contributed by atoms with Crippen molar-refractivity contribution in [3.8, 4) is 11.3 Å². The topological polar surface area (TPSA) is 36.4 Å². The molecule has 0 radical (unpaired) electrons. The third-order valence-electron chi connectivity index (χ3n) is 5.58. The largest absolute Gasteiger partial charge is 0.387 e. The van der Waals surface area contributed by atoms with Crippen molar-refractivity contribution < 1.29 is 5.11 Å². The molecule has 0 bridgehead atoms. The SMILES string of the molecule is CCCCN(CCCC)CC(O)c1cc(-c2ccc(Cl)cc2)nc2cc(C)ccc12. The van der Waals surface area contributed by atoms with Gasteiger partial charge in [0.2, 0.25) is 0 Å². The summed E-state index contributed by atoms with van der Waals surface area (Å²) < 4.78 is 0. The van der Waals surface area contributed by atoms with E-state index in [9.17, 15) is 5.11 Å². The Morgan fingerprint density at radius 3 is 2.27 bits per heavy atom. The van der Waals surface area contributed by atoms with Gasteiger partial charge in [-0.15, -0.1) is 0 Å². The first-order valence-electron chi connectivity index (χ1n) is 11.1. The summed E-state index contributed by atoms with van der Waals surface area (Å²) in [7, 11) is 0. The van der Waals surface area contributed by atoms with Gasteiger partial charge in [0.25, 0.3) is 0 Å². The summed E-state index contributed by atoms with van der Waals surface area (Å²) in [6.45, 7) is 9.20. The van der Waals surface area contributed by atoms with Crippen LogP contribution in [0.25, 0.3) is 22.2 Å². The van der Waals surface area contributed by atoms with Crippen LogP contribution in [0.1, 0.15) is 56.8 Å². The lowest BCUT2D eigenvalue weighted by Crippen LogP contribution is -2.31. The monoisotopic (exact) mass is 424 g/mol. The average molecular weight is 425 g/mol. The summed E-state index contributed by atoms with van der Waals surface area (Å²) in [5.74, 6) is 0. The lowest BCUT2D eigenvalue weighted by Gasteiger charge is -2.26. The van der Waals surface area contributed by atoms with E-state index < -0.39 is 6.10 Å². The molecule has 0 spiro atoms. The van der Waals surface area contributed by atoms with Crippen LogP contribution in [0.3, 0.4) is 0 Å². The molecule has 0 aliphatic heterocycles. The molecule has 2 aromatic carbocycles. The Morgan fingerprint density at radius 2 is 1.63 bits per heavy atom. The maximum absolute atomic E-state index is 11.3. The molecule has 160 valence electrons. The Labute approximate surface area is 185 Å². The second-order valence-corrected chi connectivity index (χ2v) is 8.58. The van der Waals surface area contributed by atoms with Gasteiger partial charge in [-0.2, -0.15) is 0 Å². The van der Waals surface area contributed by atoms with E-state index in [0.717, 1.165) is 72.1 Å². The zero-order chi connectivity index (χ0) is 21.5. The fourth-order valence-electron chi connectivity index (χ4n) is 3.81. The van der Waals surface area contributed by atoms with E-state index in [-0.39, 0.29) is 0 Å². The molecule has 30 heavy (non-hydrogen) atoms. The van der Waals surface area contributed by atoms with Crippen molar-refractivity contribution in [2.24, 2.45) is 0 Å². The number of hydrogen-bond acceptors (Lipinski definition) is 3. The molecule has 0 aliphatic rings. The van der Waals surface area contributed by atoms with Crippen LogP contribution in [0.2, 0.25) is 5.02 Å². The van der Waals surface area contributed by atoms with Gasteiger partial charge in [0.05, 0.1) is 17.3 Å². The fraction of sp³-hybridized carbons (Fsp3) is 0.423. The van der Waals surface area contributed by atoms with E-state index >= 15 is 0 Å². The van der Waals surface area contributed by atoms with Crippen LogP contribution in [0.4, 0.5) is 0 Å². The van der Waals surface area contributed by atoms with E-state index in [2.05, 4.69) is 43.9 Å². The van der Waals surface area contributed by atoms with Gasteiger partial charge < -0.3 is 10.0 Å². The number of pyridine rings is 1. The lowest BCUT2D eigenvalue weighted by atomic mass is 9.98. The molecule has 1 N–H and O–H groups in total. The minimum absolute atomic E-state index is 0.557. The van der Waals surface area contributed by atoms with Gasteiger partial charge in [-0.3, -0.25) is 0 Å². The quantitative estimate of drug-likeness (QED) is 0.388. The highest BCUT2D eigenvalue weighted by Crippen LogP contribution is 2.30. The Hall–Kier alpha value is -1.94. The van der Waals surface area contributed by atoms with Gasteiger partial charge in [-0.25, -0.2) is 4.98 Å². The molecule has 1 unspecified atom stereocenters. The molecular weight excluding hydrogens is 392 g/mol. The normalized spacial score (nSPS) is 12.6. The average Bonchev–Trinajstić information content (AvgIpc) is 2.75. The zero-order valence-electron chi connectivity index (χ0n) is 18.4. The van der Waals surface area contributed by atoms with Crippen molar-refractivity contribution in [2.75, 3.05) is 19.6 Å². The van der Waals surface area contributed by atoms with E-state index in [1.54, 1.807) is 0 Å². The molecule has 0 fully saturated rings. The molecular formula is C26H33ClN2O. The van der Waals surface area contributed by atoms with Gasteiger partial charge in [-0.05, 0) is 68.2 Å². The Bertz CT molecular complexity index is 947. The first-order valence-corrected chi connectivity index (χ1v) is 11.5. The number of aliphatic hydroxyl groups is 1. The molecule has 3 rings (SSSR count). The number of fused-ring (bicyclic) bond motifs is 1. The number of hydrogen-bond donors (Lipinski definition) is 1. The van der Waals surface area contributed by atoms with Gasteiger partial charge in [0, 0.05) is 22.5 Å². The van der Waals surface area contributed by atoms with Crippen LogP contribution in [-0.4, -0.2) is 34.6 Å². The van der Waals surface area contributed by atoms with Gasteiger partial charge in [-0.1, -0.05) is 62.6 Å². The van der Waals surface area contributed by atoms with E-state index in [1.807, 2.05) is 30.3 Å². The summed E-state index contributed by atoms with van der Waals surface area (Å²) in [4.78, 5) is 7.29. The summed E-state index contributed by atoms with van der Waals surface area (Å²) in [5, 5.41) is 13.0. The van der Waals surface area contributed by atoms with Crippen molar-refractivity contribution in [1.82, 2.24) is 9.88 Å². The summed E-state index contributed by atoms with van der Waals surface area (Å²) in [6.07, 6.45) is 4.08. The molecule has 4 heteroatoms. The zero-order valence-corrected chi connectivity index (χ0v) is 19.1. The van der Waals surface area contributed by atoms with E-state index in [1.165, 1.54) is 0 Å². The smallest absolute Gasteiger partial charge is 0.0924 e. The highest BCUT2D eigenvalue weighted by Gasteiger charge is 2.18. The van der Waals surface area contributed by atoms with Crippen molar-refractivity contribution in [2.45, 2.75) is 52.6 Å². The number of aromatic nitrogens is 1. The standard InChI is InChI=1S/C26H33ClN2O/c1-4-6-14-29(15-7-5-2)18-26(30)23-17-24(20-9-11-21(27)12-10-20)28-25-16-19(3)8-13-22(23)25/h8-13,16-17,26,30H,4-7,14-15,18H2,1-3H3. The van der Waals surface area contributed by atoms with Crippen LogP contribution in [-0.2, 0) is 0 Å². The number of nitrogens with zero attached hydrogens (tertiary/aromatic N) is 2. The first-order chi connectivity index (χ1) is 14.5. The second-order valence-electron chi connectivity index (χ2n) is 8.15. The van der Waals surface area contributed by atoms with Crippen LogP contribution >= 0.6 is 11.6 Å². The van der Waals surface area contributed by atoms with Crippen molar-refractivity contribution in [1.29, 1.82) is 0 Å². The van der Waals surface area contributed by atoms with Crippen LogP contribution in [0, 0.1) is 6.92 Å². The number of aryl methyl sites for hydroxylation is 1. The van der Waals surface area contributed by atoms with Gasteiger partial charge >= 0.3 is 0 Å². The van der Waals surface area contributed by atoms with Crippen LogP contribution in [0.5, 0.6) is 0 Å². The highest BCUT2D eigenvalue weighted by atomic mass is 35.5. The highest BCUT2D eigenvalue weighted by molar-refractivity contribution is 6.30. The van der Waals surface area contributed by atoms with Crippen molar-refractivity contribution in [3.05, 3.63) is 64.7 Å². The number of unbranched alkanes of at least 4 members (excludes halogenated alkanes) is 2. The number of rotatable bonds is 10.